The van der Waals surface area contributed by atoms with Gasteiger partial charge in [0.1, 0.15) is 18.6 Å². The van der Waals surface area contributed by atoms with Crippen LogP contribution >= 0.6 is 0 Å². The van der Waals surface area contributed by atoms with Crippen LogP contribution in [0, 0.1) is 0 Å². The summed E-state index contributed by atoms with van der Waals surface area (Å²) >= 11 is 0. The van der Waals surface area contributed by atoms with Crippen LogP contribution in [0.15, 0.2) is 18.6 Å². The molecule has 10 heteroatoms. The highest BCUT2D eigenvalue weighted by Crippen LogP contribution is 2.07. The van der Waals surface area contributed by atoms with Crippen LogP contribution < -0.4 is 0 Å². The second kappa shape index (κ2) is 5.69. The summed E-state index contributed by atoms with van der Waals surface area (Å²) in [6.07, 6.45) is 2.94. The van der Waals surface area contributed by atoms with Crippen LogP contribution in [0.3, 0.4) is 0 Å². The molecule has 1 N–H and O–H groups in total. The van der Waals surface area contributed by atoms with Gasteiger partial charge in [0.25, 0.3) is 5.91 Å². The van der Waals surface area contributed by atoms with E-state index in [-0.39, 0.29) is 18.4 Å². The second-order valence-corrected chi connectivity index (χ2v) is 4.65. The van der Waals surface area contributed by atoms with Crippen LogP contribution in [0.5, 0.6) is 0 Å². The summed E-state index contributed by atoms with van der Waals surface area (Å²) in [5.74, 6) is -0.156. The van der Waals surface area contributed by atoms with E-state index in [1.165, 1.54) is 11.0 Å². The minimum absolute atomic E-state index is 0.0593. The van der Waals surface area contributed by atoms with E-state index in [0.29, 0.717) is 31.9 Å². The SMILES string of the molecule is O=C(Cn1cnnn1)N1CCN(C(=O)c2ccn[nH]2)CC1. The van der Waals surface area contributed by atoms with Gasteiger partial charge in [-0.3, -0.25) is 14.7 Å². The average Bonchev–Trinajstić information content (AvgIpc) is 3.20. The summed E-state index contributed by atoms with van der Waals surface area (Å²) < 4.78 is 1.38. The zero-order valence-electron chi connectivity index (χ0n) is 11.2. The van der Waals surface area contributed by atoms with E-state index in [0.717, 1.165) is 0 Å². The molecule has 0 bridgehead atoms. The van der Waals surface area contributed by atoms with Gasteiger partial charge in [-0.2, -0.15) is 5.10 Å². The Morgan fingerprint density at radius 1 is 1.19 bits per heavy atom. The fourth-order valence-electron chi connectivity index (χ4n) is 2.20. The molecule has 2 aromatic heterocycles. The fraction of sp³-hybridized carbons (Fsp3) is 0.455. The lowest BCUT2D eigenvalue weighted by atomic mass is 10.2. The van der Waals surface area contributed by atoms with Gasteiger partial charge in [0.15, 0.2) is 0 Å². The van der Waals surface area contributed by atoms with Crippen LogP contribution in [-0.4, -0.2) is 78.2 Å². The number of carbonyl (C=O) groups is 2. The normalized spacial score (nSPS) is 15.2. The molecule has 2 amide bonds. The van der Waals surface area contributed by atoms with Crippen LogP contribution in [0.1, 0.15) is 10.5 Å². The third-order valence-electron chi connectivity index (χ3n) is 3.34. The van der Waals surface area contributed by atoms with Gasteiger partial charge in [0.05, 0.1) is 0 Å². The van der Waals surface area contributed by atoms with E-state index in [1.54, 1.807) is 22.1 Å². The molecule has 21 heavy (non-hydrogen) atoms. The highest BCUT2D eigenvalue weighted by Gasteiger charge is 2.25. The quantitative estimate of drug-likeness (QED) is 0.727. The molecule has 1 fully saturated rings. The Balaban J connectivity index is 1.53. The molecule has 3 heterocycles. The number of aromatic nitrogens is 6. The van der Waals surface area contributed by atoms with E-state index in [1.807, 2.05) is 0 Å². The molecule has 3 rings (SSSR count). The van der Waals surface area contributed by atoms with Crippen molar-refractivity contribution in [1.82, 2.24) is 40.2 Å². The molecule has 0 spiro atoms. The van der Waals surface area contributed by atoms with E-state index in [2.05, 4.69) is 25.7 Å². The molecule has 10 nitrogen and oxygen atoms in total. The Kier molecular flexibility index (Phi) is 3.58. The standard InChI is InChI=1S/C11H14N8O2/c20-10(7-19-8-13-15-16-19)17-3-5-18(6-4-17)11(21)9-1-2-12-14-9/h1-2,8H,3-7H2,(H,12,14). The van der Waals surface area contributed by atoms with Crippen molar-refractivity contribution in [2.45, 2.75) is 6.54 Å². The summed E-state index contributed by atoms with van der Waals surface area (Å²) in [7, 11) is 0. The third-order valence-corrected chi connectivity index (χ3v) is 3.34. The number of rotatable bonds is 3. The van der Waals surface area contributed by atoms with Crippen LogP contribution in [-0.2, 0) is 11.3 Å². The lowest BCUT2D eigenvalue weighted by Gasteiger charge is -2.34. The molecule has 1 aliphatic heterocycles. The average molecular weight is 290 g/mol. The van der Waals surface area contributed by atoms with Gasteiger partial charge in [-0.15, -0.1) is 5.10 Å². The molecule has 2 aromatic rings. The molecule has 0 aromatic carbocycles. The summed E-state index contributed by atoms with van der Waals surface area (Å²) in [5, 5.41) is 17.0. The molecule has 1 aliphatic rings. The molecule has 0 saturated carbocycles. The Morgan fingerprint density at radius 2 is 1.95 bits per heavy atom. The predicted molar refractivity (Wildman–Crippen MR) is 68.9 cm³/mol. The van der Waals surface area contributed by atoms with Gasteiger partial charge < -0.3 is 9.80 Å². The van der Waals surface area contributed by atoms with E-state index < -0.39 is 0 Å². The highest BCUT2D eigenvalue weighted by molar-refractivity contribution is 5.92. The van der Waals surface area contributed by atoms with Gasteiger partial charge in [-0.1, -0.05) is 0 Å². The highest BCUT2D eigenvalue weighted by atomic mass is 16.2. The largest absolute Gasteiger partial charge is 0.338 e. The molecule has 1 saturated heterocycles. The van der Waals surface area contributed by atoms with Crippen molar-refractivity contribution >= 4 is 11.8 Å². The van der Waals surface area contributed by atoms with Crippen LogP contribution in [0.4, 0.5) is 0 Å². The van der Waals surface area contributed by atoms with Crippen molar-refractivity contribution < 1.29 is 9.59 Å². The Labute approximate surface area is 119 Å². The van der Waals surface area contributed by atoms with E-state index in [9.17, 15) is 9.59 Å². The van der Waals surface area contributed by atoms with Gasteiger partial charge in [0, 0.05) is 32.4 Å². The van der Waals surface area contributed by atoms with Crippen molar-refractivity contribution in [2.75, 3.05) is 26.2 Å². The number of nitrogens with one attached hydrogen (secondary N) is 1. The van der Waals surface area contributed by atoms with Gasteiger partial charge in [-0.25, -0.2) is 4.68 Å². The van der Waals surface area contributed by atoms with E-state index >= 15 is 0 Å². The van der Waals surface area contributed by atoms with Crippen molar-refractivity contribution in [1.29, 1.82) is 0 Å². The molecule has 0 radical (unpaired) electrons. The number of aromatic amines is 1. The molecule has 0 unspecified atom stereocenters. The number of nitrogens with zero attached hydrogens (tertiary/aromatic N) is 7. The lowest BCUT2D eigenvalue weighted by Crippen LogP contribution is -2.51. The maximum atomic E-state index is 12.1. The third kappa shape index (κ3) is 2.88. The number of tetrazole rings is 1. The lowest BCUT2D eigenvalue weighted by molar-refractivity contribution is -0.133. The van der Waals surface area contributed by atoms with Crippen molar-refractivity contribution in [3.05, 3.63) is 24.3 Å². The number of piperazine rings is 1. The predicted octanol–water partition coefficient (Wildman–Crippen LogP) is -1.62. The Hall–Kier alpha value is -2.78. The number of H-pyrrole nitrogens is 1. The van der Waals surface area contributed by atoms with Gasteiger partial charge in [-0.05, 0) is 16.5 Å². The summed E-state index contributed by atoms with van der Waals surface area (Å²) in [6, 6.07) is 1.64. The first-order valence-corrected chi connectivity index (χ1v) is 6.51. The second-order valence-electron chi connectivity index (χ2n) is 4.65. The van der Waals surface area contributed by atoms with Gasteiger partial charge >= 0.3 is 0 Å². The maximum Gasteiger partial charge on any atom is 0.271 e. The first-order chi connectivity index (χ1) is 10.2. The van der Waals surface area contributed by atoms with Crippen LogP contribution in [0.25, 0.3) is 0 Å². The molecule has 110 valence electrons. The smallest absolute Gasteiger partial charge is 0.271 e. The molecular formula is C11H14N8O2. The summed E-state index contributed by atoms with van der Waals surface area (Å²) in [4.78, 5) is 27.6. The van der Waals surface area contributed by atoms with Crippen molar-refractivity contribution in [2.24, 2.45) is 0 Å². The first kappa shape index (κ1) is 13.2. The van der Waals surface area contributed by atoms with E-state index in [4.69, 9.17) is 0 Å². The summed E-state index contributed by atoms with van der Waals surface area (Å²) in [5.41, 5.74) is 0.462. The number of hydrogen-bond donors (Lipinski definition) is 1. The first-order valence-electron chi connectivity index (χ1n) is 6.51. The zero-order valence-corrected chi connectivity index (χ0v) is 11.2. The minimum Gasteiger partial charge on any atom is -0.338 e. The Bertz CT molecular complexity index is 600. The number of hydrogen-bond acceptors (Lipinski definition) is 6. The monoisotopic (exact) mass is 290 g/mol. The van der Waals surface area contributed by atoms with Crippen molar-refractivity contribution in [3.63, 3.8) is 0 Å². The molecule has 0 aliphatic carbocycles. The maximum absolute atomic E-state index is 12.1. The Morgan fingerprint density at radius 3 is 2.57 bits per heavy atom. The fourth-order valence-corrected chi connectivity index (χ4v) is 2.20. The topological polar surface area (TPSA) is 113 Å². The summed E-state index contributed by atoms with van der Waals surface area (Å²) in [6.45, 7) is 2.11. The minimum atomic E-state index is -0.0972. The van der Waals surface area contributed by atoms with Gasteiger partial charge in [0.2, 0.25) is 5.91 Å². The van der Waals surface area contributed by atoms with Crippen molar-refractivity contribution in [3.8, 4) is 0 Å². The zero-order chi connectivity index (χ0) is 14.7. The number of carbonyl (C=O) groups excluding carboxylic acids is 2. The molecule has 0 atom stereocenters. The van der Waals surface area contributed by atoms with Crippen LogP contribution in [0.2, 0.25) is 0 Å². The molecular weight excluding hydrogens is 276 g/mol. The number of amides is 2.